The molecule has 176 valence electrons. The second-order valence-corrected chi connectivity index (χ2v) is 9.80. The summed E-state index contributed by atoms with van der Waals surface area (Å²) in [6.07, 6.45) is 4.66. The molecule has 7 nitrogen and oxygen atoms in total. The zero-order valence-electron chi connectivity index (χ0n) is 19.3. The fraction of sp³-hybridized carbons (Fsp3) is 0.444. The Hall–Kier alpha value is -3.19. The van der Waals surface area contributed by atoms with E-state index in [1.54, 1.807) is 0 Å². The van der Waals surface area contributed by atoms with Crippen LogP contribution in [0.2, 0.25) is 0 Å². The third-order valence-electron chi connectivity index (χ3n) is 7.84. The van der Waals surface area contributed by atoms with Crippen molar-refractivity contribution < 1.29 is 14.3 Å². The van der Waals surface area contributed by atoms with E-state index in [0.29, 0.717) is 39.0 Å². The number of imidazole rings is 1. The maximum absolute atomic E-state index is 13.9. The average Bonchev–Trinajstić information content (AvgIpc) is 3.46. The van der Waals surface area contributed by atoms with Crippen LogP contribution in [0.15, 0.2) is 48.5 Å². The van der Waals surface area contributed by atoms with E-state index in [9.17, 15) is 9.59 Å². The van der Waals surface area contributed by atoms with E-state index in [2.05, 4.69) is 4.98 Å². The first-order chi connectivity index (χ1) is 16.6. The number of aromatic nitrogens is 2. The molecule has 6 rings (SSSR count). The molecule has 1 N–H and O–H groups in total. The van der Waals surface area contributed by atoms with Crippen LogP contribution in [0, 0.1) is 0 Å². The molecule has 34 heavy (non-hydrogen) atoms. The van der Waals surface area contributed by atoms with Crippen molar-refractivity contribution in [3.8, 4) is 0 Å². The largest absolute Gasteiger partial charge is 0.381 e. The van der Waals surface area contributed by atoms with E-state index in [-0.39, 0.29) is 17.9 Å². The van der Waals surface area contributed by atoms with Gasteiger partial charge in [-0.25, -0.2) is 4.98 Å². The van der Waals surface area contributed by atoms with Gasteiger partial charge in [0.1, 0.15) is 5.82 Å². The minimum absolute atomic E-state index is 0.0396. The van der Waals surface area contributed by atoms with Gasteiger partial charge in [-0.1, -0.05) is 30.3 Å². The lowest BCUT2D eigenvalue weighted by Gasteiger charge is -2.46. The third kappa shape index (κ3) is 3.59. The van der Waals surface area contributed by atoms with E-state index < -0.39 is 5.54 Å². The van der Waals surface area contributed by atoms with Crippen LogP contribution < -0.4 is 0 Å². The number of benzene rings is 2. The maximum Gasteiger partial charge on any atom is 0.254 e. The highest BCUT2D eigenvalue weighted by atomic mass is 16.5. The fourth-order valence-corrected chi connectivity index (χ4v) is 5.96. The molecule has 0 radical (unpaired) electrons. The number of aromatic amines is 1. The molecule has 4 heterocycles. The van der Waals surface area contributed by atoms with Crippen molar-refractivity contribution in [3.05, 3.63) is 65.5 Å². The predicted octanol–water partition coefficient (Wildman–Crippen LogP) is 4.21. The maximum atomic E-state index is 13.9. The highest BCUT2D eigenvalue weighted by molar-refractivity contribution is 5.99. The number of hydrogen-bond donors (Lipinski definition) is 1. The Morgan fingerprint density at radius 1 is 1.09 bits per heavy atom. The number of rotatable bonds is 4. The van der Waals surface area contributed by atoms with Crippen molar-refractivity contribution in [1.29, 1.82) is 0 Å². The normalized spacial score (nSPS) is 22.2. The second kappa shape index (κ2) is 8.55. The van der Waals surface area contributed by atoms with Crippen molar-refractivity contribution in [2.75, 3.05) is 19.8 Å². The van der Waals surface area contributed by atoms with Gasteiger partial charge in [-0.3, -0.25) is 9.59 Å². The van der Waals surface area contributed by atoms with Crippen molar-refractivity contribution >= 4 is 22.8 Å². The smallest absolute Gasteiger partial charge is 0.254 e. The van der Waals surface area contributed by atoms with Crippen LogP contribution in [0.4, 0.5) is 0 Å². The van der Waals surface area contributed by atoms with Crippen LogP contribution in [-0.4, -0.2) is 56.9 Å². The molecule has 1 unspecified atom stereocenters. The molecule has 1 aromatic heterocycles. The number of amides is 2. The summed E-state index contributed by atoms with van der Waals surface area (Å²) in [5, 5.41) is 0. The van der Waals surface area contributed by atoms with E-state index in [1.807, 2.05) is 58.3 Å². The molecule has 3 aromatic rings. The molecule has 3 aliphatic heterocycles. The van der Waals surface area contributed by atoms with Gasteiger partial charge in [0.25, 0.3) is 5.91 Å². The van der Waals surface area contributed by atoms with E-state index in [0.717, 1.165) is 53.8 Å². The lowest BCUT2D eigenvalue weighted by molar-refractivity contribution is -0.140. The first-order valence-corrected chi connectivity index (χ1v) is 12.4. The van der Waals surface area contributed by atoms with Gasteiger partial charge in [-0.05, 0) is 55.9 Å². The first kappa shape index (κ1) is 21.4. The average molecular weight is 459 g/mol. The topological polar surface area (TPSA) is 78.5 Å². The number of carbonyl (C=O) groups excluding carboxylic acids is 2. The highest BCUT2D eigenvalue weighted by Gasteiger charge is 2.47. The molecule has 2 fully saturated rings. The molecular weight excluding hydrogens is 428 g/mol. The van der Waals surface area contributed by atoms with Crippen molar-refractivity contribution in [2.45, 2.75) is 56.7 Å². The summed E-state index contributed by atoms with van der Waals surface area (Å²) < 4.78 is 5.67. The summed E-state index contributed by atoms with van der Waals surface area (Å²) in [6, 6.07) is 15.7. The zero-order chi connectivity index (χ0) is 23.1. The molecule has 0 bridgehead atoms. The Kier molecular flexibility index (Phi) is 5.37. The Bertz CT molecular complexity index is 1200. The Labute approximate surface area is 199 Å². The van der Waals surface area contributed by atoms with Crippen LogP contribution in [0.3, 0.4) is 0 Å². The number of nitrogens with one attached hydrogen (secondary N) is 1. The van der Waals surface area contributed by atoms with Gasteiger partial charge in [0.05, 0.1) is 29.0 Å². The molecule has 0 spiro atoms. The number of nitrogens with zero attached hydrogens (tertiary/aromatic N) is 3. The van der Waals surface area contributed by atoms with Gasteiger partial charge >= 0.3 is 0 Å². The third-order valence-corrected chi connectivity index (χ3v) is 7.84. The molecule has 3 aliphatic rings. The summed E-state index contributed by atoms with van der Waals surface area (Å²) in [5.41, 5.74) is 3.22. The van der Waals surface area contributed by atoms with Crippen LogP contribution in [-0.2, 0) is 16.1 Å². The Morgan fingerprint density at radius 3 is 2.71 bits per heavy atom. The quantitative estimate of drug-likeness (QED) is 0.635. The molecular formula is C27H30N4O3. The number of H-pyrrole nitrogens is 1. The van der Waals surface area contributed by atoms with Gasteiger partial charge in [-0.2, -0.15) is 0 Å². The minimum atomic E-state index is -0.513. The Balaban J connectivity index is 1.28. The van der Waals surface area contributed by atoms with Gasteiger partial charge < -0.3 is 19.5 Å². The minimum Gasteiger partial charge on any atom is -0.381 e. The number of para-hydroxylation sites is 2. The van der Waals surface area contributed by atoms with Gasteiger partial charge in [-0.15, -0.1) is 0 Å². The summed E-state index contributed by atoms with van der Waals surface area (Å²) in [5.74, 6) is 1.01. The van der Waals surface area contributed by atoms with Gasteiger partial charge in [0.2, 0.25) is 5.91 Å². The number of fused-ring (bicyclic) bond motifs is 2. The first-order valence-electron chi connectivity index (χ1n) is 12.4. The SMILES string of the molecule is O=C(CC1(N2Cc3ccccc3C2=O)CCOCC1)N1CCCCC1c1nc2ccccc2[nH]1. The standard InChI is InChI=1S/C27H30N4O3/c32-24(30-14-6-5-11-23(30)25-28-21-9-3-4-10-22(21)29-25)17-27(12-15-34-16-13-27)31-18-19-7-1-2-8-20(19)26(31)33/h1-4,7-10,23H,5-6,11-18H2,(H,28,29). The number of carbonyl (C=O) groups is 2. The van der Waals surface area contributed by atoms with Crippen LogP contribution in [0.1, 0.15) is 66.3 Å². The molecule has 7 heteroatoms. The summed E-state index contributed by atoms with van der Waals surface area (Å²) in [7, 11) is 0. The highest BCUT2D eigenvalue weighted by Crippen LogP contribution is 2.40. The summed E-state index contributed by atoms with van der Waals surface area (Å²) >= 11 is 0. The zero-order valence-corrected chi connectivity index (χ0v) is 19.3. The lowest BCUT2D eigenvalue weighted by Crippen LogP contribution is -2.55. The molecule has 0 aliphatic carbocycles. The number of likely N-dealkylation sites (tertiary alicyclic amines) is 1. The second-order valence-electron chi connectivity index (χ2n) is 9.80. The fourth-order valence-electron chi connectivity index (χ4n) is 5.96. The molecule has 2 amide bonds. The van der Waals surface area contributed by atoms with Gasteiger partial charge in [0, 0.05) is 31.9 Å². The van der Waals surface area contributed by atoms with Crippen molar-refractivity contribution in [3.63, 3.8) is 0 Å². The van der Waals surface area contributed by atoms with Crippen molar-refractivity contribution in [2.24, 2.45) is 0 Å². The molecule has 2 saturated heterocycles. The number of piperidine rings is 1. The van der Waals surface area contributed by atoms with E-state index in [1.165, 1.54) is 0 Å². The predicted molar refractivity (Wildman–Crippen MR) is 128 cm³/mol. The Morgan fingerprint density at radius 2 is 1.88 bits per heavy atom. The lowest BCUT2D eigenvalue weighted by atomic mass is 9.83. The van der Waals surface area contributed by atoms with Crippen LogP contribution >= 0.6 is 0 Å². The van der Waals surface area contributed by atoms with Gasteiger partial charge in [0.15, 0.2) is 0 Å². The van der Waals surface area contributed by atoms with Crippen LogP contribution in [0.25, 0.3) is 11.0 Å². The monoisotopic (exact) mass is 458 g/mol. The van der Waals surface area contributed by atoms with Crippen LogP contribution in [0.5, 0.6) is 0 Å². The van der Waals surface area contributed by atoms with E-state index >= 15 is 0 Å². The molecule has 2 aromatic carbocycles. The van der Waals surface area contributed by atoms with Crippen molar-refractivity contribution in [1.82, 2.24) is 19.8 Å². The number of hydrogen-bond acceptors (Lipinski definition) is 4. The van der Waals surface area contributed by atoms with E-state index in [4.69, 9.17) is 9.72 Å². The molecule has 0 saturated carbocycles. The summed E-state index contributed by atoms with van der Waals surface area (Å²) in [4.78, 5) is 39.5. The summed E-state index contributed by atoms with van der Waals surface area (Å²) in [6.45, 7) is 2.43. The number of ether oxygens (including phenoxy) is 1. The molecule has 1 atom stereocenters.